The summed E-state index contributed by atoms with van der Waals surface area (Å²) in [5.41, 5.74) is 0. The first kappa shape index (κ1) is 8.33. The number of carbonyl (C=O) groups is 1. The number of hydrogen-bond donors (Lipinski definition) is 1. The van der Waals surface area contributed by atoms with E-state index in [9.17, 15) is 8.78 Å². The highest BCUT2D eigenvalue weighted by molar-refractivity contribution is 5.32. The maximum atomic E-state index is 11.5. The van der Waals surface area contributed by atoms with E-state index in [1.54, 1.807) is 0 Å². The Morgan fingerprint density at radius 3 is 1.56 bits per heavy atom. The Morgan fingerprint density at radius 1 is 1.33 bits per heavy atom. The zero-order valence-corrected chi connectivity index (χ0v) is 4.76. The summed E-state index contributed by atoms with van der Waals surface area (Å²) >= 11 is 0. The minimum Gasteiger partial charge on any atom is -0.483 e. The van der Waals surface area contributed by atoms with Crippen LogP contribution in [0.5, 0.6) is 0 Å². The summed E-state index contributed by atoms with van der Waals surface area (Å²) in [6.45, 7) is -0.250. The van der Waals surface area contributed by atoms with Gasteiger partial charge in [-0.3, -0.25) is 4.79 Å². The molecule has 9 heavy (non-hydrogen) atoms. The number of halogens is 2. The van der Waals surface area contributed by atoms with Crippen molar-refractivity contribution in [2.45, 2.75) is 25.2 Å². The van der Waals surface area contributed by atoms with Crippen LogP contribution in [-0.4, -0.2) is 23.9 Å². The summed E-state index contributed by atoms with van der Waals surface area (Å²) < 4.78 is 23.1. The molecule has 0 aliphatic heterocycles. The molecule has 54 valence electrons. The monoisotopic (exact) mass is 138 g/mol. The normalized spacial score (nSPS) is 31.3. The van der Waals surface area contributed by atoms with Crippen LogP contribution < -0.4 is 0 Å². The Hall–Kier alpha value is -0.670. The van der Waals surface area contributed by atoms with E-state index >= 15 is 0 Å². The van der Waals surface area contributed by atoms with Crippen molar-refractivity contribution in [3.8, 4) is 0 Å². The van der Waals surface area contributed by atoms with Crippen LogP contribution in [-0.2, 0) is 4.79 Å². The van der Waals surface area contributed by atoms with Gasteiger partial charge in [-0.15, -0.1) is 0 Å². The van der Waals surface area contributed by atoms with Gasteiger partial charge in [0.05, 0.1) is 0 Å². The third-order valence-electron chi connectivity index (χ3n) is 1.11. The van der Waals surface area contributed by atoms with Crippen LogP contribution in [0.2, 0.25) is 0 Å². The predicted octanol–water partition coefficient (Wildman–Crippen LogP) is 1.16. The standard InChI is InChI=1S/C4H6F2.CH2O2/c5-3-1-2-4(3)6;2-1-3/h3-4H,1-2H2;1H,(H,2,3). The topological polar surface area (TPSA) is 37.3 Å². The summed E-state index contributed by atoms with van der Waals surface area (Å²) in [6, 6.07) is 0. The van der Waals surface area contributed by atoms with E-state index in [0.717, 1.165) is 0 Å². The summed E-state index contributed by atoms with van der Waals surface area (Å²) in [7, 11) is 0. The molecule has 1 fully saturated rings. The molecule has 0 heterocycles. The van der Waals surface area contributed by atoms with Crippen molar-refractivity contribution in [3.05, 3.63) is 0 Å². The van der Waals surface area contributed by atoms with Crippen LogP contribution >= 0.6 is 0 Å². The van der Waals surface area contributed by atoms with Crippen LogP contribution in [0, 0.1) is 0 Å². The molecule has 0 amide bonds. The van der Waals surface area contributed by atoms with Gasteiger partial charge >= 0.3 is 0 Å². The Labute approximate surface area is 51.5 Å². The second-order valence-electron chi connectivity index (χ2n) is 1.71. The van der Waals surface area contributed by atoms with Crippen LogP contribution in [0.25, 0.3) is 0 Å². The average Bonchev–Trinajstić information content (AvgIpc) is 1.86. The van der Waals surface area contributed by atoms with Crippen molar-refractivity contribution in [1.82, 2.24) is 0 Å². The molecule has 0 spiro atoms. The van der Waals surface area contributed by atoms with Crippen molar-refractivity contribution in [1.29, 1.82) is 0 Å². The van der Waals surface area contributed by atoms with E-state index in [-0.39, 0.29) is 6.47 Å². The first-order valence-corrected chi connectivity index (χ1v) is 2.58. The highest BCUT2D eigenvalue weighted by atomic mass is 19.2. The molecule has 1 aliphatic carbocycles. The highest BCUT2D eigenvalue weighted by Crippen LogP contribution is 2.25. The van der Waals surface area contributed by atoms with Gasteiger partial charge in [0.15, 0.2) is 0 Å². The summed E-state index contributed by atoms with van der Waals surface area (Å²) in [5.74, 6) is 0. The van der Waals surface area contributed by atoms with Crippen LogP contribution in [0.15, 0.2) is 0 Å². The quantitative estimate of drug-likeness (QED) is 0.510. The molecule has 0 saturated heterocycles. The zero-order chi connectivity index (χ0) is 7.28. The molecule has 0 aromatic carbocycles. The fraction of sp³-hybridized carbons (Fsp3) is 0.800. The molecule has 0 aromatic rings. The van der Waals surface area contributed by atoms with Crippen LogP contribution in [0.4, 0.5) is 8.78 Å². The average molecular weight is 138 g/mol. The molecule has 4 heteroatoms. The van der Waals surface area contributed by atoms with E-state index in [2.05, 4.69) is 0 Å². The van der Waals surface area contributed by atoms with Crippen molar-refractivity contribution >= 4 is 6.47 Å². The molecule has 2 atom stereocenters. The van der Waals surface area contributed by atoms with Crippen molar-refractivity contribution < 1.29 is 18.7 Å². The SMILES string of the molecule is FC1CCC1F.O=CO. The lowest BCUT2D eigenvalue weighted by atomic mass is 9.96. The first-order chi connectivity index (χ1) is 4.22. The fourth-order valence-electron chi connectivity index (χ4n) is 0.419. The number of hydrogen-bond acceptors (Lipinski definition) is 1. The van der Waals surface area contributed by atoms with E-state index < -0.39 is 12.3 Å². The molecule has 2 nitrogen and oxygen atoms in total. The first-order valence-electron chi connectivity index (χ1n) is 2.58. The molecule has 1 rings (SSSR count). The predicted molar refractivity (Wildman–Crippen MR) is 27.7 cm³/mol. The minimum atomic E-state index is -1.13. The number of rotatable bonds is 0. The Kier molecular flexibility index (Phi) is 3.92. The molecule has 1 N–H and O–H groups in total. The largest absolute Gasteiger partial charge is 0.483 e. The van der Waals surface area contributed by atoms with Crippen LogP contribution in [0.1, 0.15) is 12.8 Å². The van der Waals surface area contributed by atoms with Crippen molar-refractivity contribution in [3.63, 3.8) is 0 Å². The summed E-state index contributed by atoms with van der Waals surface area (Å²) in [6.07, 6.45) is -1.41. The Morgan fingerprint density at radius 2 is 1.56 bits per heavy atom. The molecule has 0 bridgehead atoms. The van der Waals surface area contributed by atoms with Gasteiger partial charge in [-0.25, -0.2) is 8.78 Å². The molecule has 2 unspecified atom stereocenters. The van der Waals surface area contributed by atoms with Gasteiger partial charge in [0, 0.05) is 0 Å². The van der Waals surface area contributed by atoms with Gasteiger partial charge in [-0.2, -0.15) is 0 Å². The third kappa shape index (κ3) is 3.00. The minimum absolute atomic E-state index is 0.250. The van der Waals surface area contributed by atoms with Crippen LogP contribution in [0.3, 0.4) is 0 Å². The Balaban J connectivity index is 0.000000187. The van der Waals surface area contributed by atoms with Gasteiger partial charge in [-0.1, -0.05) is 0 Å². The van der Waals surface area contributed by atoms with E-state index in [4.69, 9.17) is 9.90 Å². The van der Waals surface area contributed by atoms with Gasteiger partial charge in [-0.05, 0) is 12.8 Å². The lowest BCUT2D eigenvalue weighted by molar-refractivity contribution is -0.122. The van der Waals surface area contributed by atoms with E-state index in [1.807, 2.05) is 0 Å². The number of carboxylic acid groups (broad SMARTS) is 1. The summed E-state index contributed by atoms with van der Waals surface area (Å²) in [5, 5.41) is 6.89. The highest BCUT2D eigenvalue weighted by Gasteiger charge is 2.29. The molecule has 1 aliphatic rings. The Bertz CT molecular complexity index is 79.0. The zero-order valence-electron chi connectivity index (χ0n) is 4.76. The van der Waals surface area contributed by atoms with Crippen molar-refractivity contribution in [2.24, 2.45) is 0 Å². The van der Waals surface area contributed by atoms with E-state index in [1.165, 1.54) is 0 Å². The maximum absolute atomic E-state index is 11.5. The lowest BCUT2D eigenvalue weighted by Crippen LogP contribution is -2.28. The molecular weight excluding hydrogens is 130 g/mol. The van der Waals surface area contributed by atoms with Gasteiger partial charge < -0.3 is 5.11 Å². The maximum Gasteiger partial charge on any atom is 0.290 e. The van der Waals surface area contributed by atoms with E-state index in [0.29, 0.717) is 12.8 Å². The summed E-state index contributed by atoms with van der Waals surface area (Å²) in [4.78, 5) is 8.36. The van der Waals surface area contributed by atoms with Gasteiger partial charge in [0.2, 0.25) is 0 Å². The second kappa shape index (κ2) is 4.23. The molecule has 0 radical (unpaired) electrons. The molecule has 0 aromatic heterocycles. The van der Waals surface area contributed by atoms with Gasteiger partial charge in [0.25, 0.3) is 6.47 Å². The fourth-order valence-corrected chi connectivity index (χ4v) is 0.419. The van der Waals surface area contributed by atoms with Crippen molar-refractivity contribution in [2.75, 3.05) is 0 Å². The number of alkyl halides is 2. The molecular formula is C5H8F2O2. The third-order valence-corrected chi connectivity index (χ3v) is 1.11. The molecule has 1 saturated carbocycles. The lowest BCUT2D eigenvalue weighted by Gasteiger charge is -2.21. The second-order valence-corrected chi connectivity index (χ2v) is 1.71. The van der Waals surface area contributed by atoms with Gasteiger partial charge in [0.1, 0.15) is 12.3 Å². The smallest absolute Gasteiger partial charge is 0.290 e.